The third-order valence-corrected chi connectivity index (χ3v) is 3.29. The maximum Gasteiger partial charge on any atom is 0.338 e. The number of nitro benzene ring substituents is 1. The summed E-state index contributed by atoms with van der Waals surface area (Å²) >= 11 is 0. The molecule has 0 heterocycles. The van der Waals surface area contributed by atoms with Gasteiger partial charge in [-0.15, -0.1) is 0 Å². The minimum atomic E-state index is -1.02. The van der Waals surface area contributed by atoms with E-state index in [0.29, 0.717) is 18.3 Å². The van der Waals surface area contributed by atoms with Crippen molar-refractivity contribution in [2.24, 2.45) is 0 Å². The second-order valence-corrected chi connectivity index (χ2v) is 5.31. The maximum absolute atomic E-state index is 13.0. The fourth-order valence-electron chi connectivity index (χ4n) is 2.05. The van der Waals surface area contributed by atoms with Gasteiger partial charge >= 0.3 is 5.97 Å². The molecule has 10 heteroatoms. The number of hydrogen-bond acceptors (Lipinski definition) is 6. The number of esters is 1. The molecule has 2 N–H and O–H groups in total. The number of carbonyl (C=O) groups excluding carboxylic acids is 2. The number of carbonyl (C=O) groups is 2. The Bertz CT molecular complexity index is 823. The molecule has 0 atom stereocenters. The Morgan fingerprint density at radius 1 is 1.04 bits per heavy atom. The summed E-state index contributed by atoms with van der Waals surface area (Å²) in [4.78, 5) is 33.3. The zero-order valence-corrected chi connectivity index (χ0v) is 13.9. The summed E-state index contributed by atoms with van der Waals surface area (Å²) in [5.74, 6) is -3.47. The Hall–Kier alpha value is -3.56. The number of nitrogens with one attached hydrogen (secondary N) is 2. The Labute approximate surface area is 152 Å². The third-order valence-electron chi connectivity index (χ3n) is 3.29. The maximum atomic E-state index is 13.0. The van der Waals surface area contributed by atoms with Crippen molar-refractivity contribution in [2.75, 3.05) is 25.0 Å². The van der Waals surface area contributed by atoms with E-state index in [-0.39, 0.29) is 17.8 Å². The van der Waals surface area contributed by atoms with Crippen molar-refractivity contribution in [1.29, 1.82) is 0 Å². The molecular weight excluding hydrogens is 364 g/mol. The number of benzene rings is 2. The van der Waals surface area contributed by atoms with Crippen molar-refractivity contribution >= 4 is 23.3 Å². The fourth-order valence-corrected chi connectivity index (χ4v) is 2.05. The molecule has 2 rings (SSSR count). The number of hydrogen-bond donors (Lipinski definition) is 2. The lowest BCUT2D eigenvalue weighted by Crippen LogP contribution is -2.32. The minimum Gasteiger partial charge on any atom is -0.452 e. The summed E-state index contributed by atoms with van der Waals surface area (Å²) < 4.78 is 30.7. The van der Waals surface area contributed by atoms with Gasteiger partial charge in [0.2, 0.25) is 0 Å². The van der Waals surface area contributed by atoms with Crippen LogP contribution in [-0.4, -0.2) is 36.5 Å². The van der Waals surface area contributed by atoms with Gasteiger partial charge in [0.05, 0.1) is 10.5 Å². The Balaban J connectivity index is 1.68. The normalized spacial score (nSPS) is 10.1. The molecule has 1 amide bonds. The highest BCUT2D eigenvalue weighted by molar-refractivity contribution is 5.91. The average Bonchev–Trinajstić information content (AvgIpc) is 2.62. The first-order chi connectivity index (χ1) is 12.8. The van der Waals surface area contributed by atoms with Gasteiger partial charge in [0.1, 0.15) is 11.6 Å². The Morgan fingerprint density at radius 3 is 2.26 bits per heavy atom. The number of nitro groups is 1. The van der Waals surface area contributed by atoms with Gasteiger partial charge in [-0.05, 0) is 24.3 Å². The highest BCUT2D eigenvalue weighted by Gasteiger charge is 2.12. The predicted molar refractivity (Wildman–Crippen MR) is 91.2 cm³/mol. The van der Waals surface area contributed by atoms with Crippen molar-refractivity contribution in [3.05, 3.63) is 69.8 Å². The molecule has 0 bridgehead atoms. The average molecular weight is 379 g/mol. The Morgan fingerprint density at radius 2 is 1.67 bits per heavy atom. The van der Waals surface area contributed by atoms with Gasteiger partial charge in [0.15, 0.2) is 6.61 Å². The second-order valence-electron chi connectivity index (χ2n) is 5.31. The summed E-state index contributed by atoms with van der Waals surface area (Å²) in [5.41, 5.74) is 0.267. The predicted octanol–water partition coefficient (Wildman–Crippen LogP) is 2.26. The molecule has 2 aromatic rings. The van der Waals surface area contributed by atoms with E-state index in [4.69, 9.17) is 0 Å². The molecule has 0 saturated carbocycles. The molecule has 0 aromatic heterocycles. The van der Waals surface area contributed by atoms with E-state index in [0.717, 1.165) is 12.1 Å². The molecule has 0 fully saturated rings. The topological polar surface area (TPSA) is 111 Å². The number of anilines is 1. The number of halogens is 2. The molecule has 0 aliphatic carbocycles. The summed E-state index contributed by atoms with van der Waals surface area (Å²) in [5, 5.41) is 16.0. The van der Waals surface area contributed by atoms with Crippen LogP contribution >= 0.6 is 0 Å². The van der Waals surface area contributed by atoms with Crippen LogP contribution in [0.1, 0.15) is 10.4 Å². The second kappa shape index (κ2) is 9.22. The van der Waals surface area contributed by atoms with Gasteiger partial charge in [-0.25, -0.2) is 13.6 Å². The van der Waals surface area contributed by atoms with Crippen LogP contribution in [0.5, 0.6) is 0 Å². The van der Waals surface area contributed by atoms with Gasteiger partial charge in [0.25, 0.3) is 11.6 Å². The van der Waals surface area contributed by atoms with Crippen LogP contribution in [0.2, 0.25) is 0 Å². The van der Waals surface area contributed by atoms with Crippen LogP contribution in [0.3, 0.4) is 0 Å². The van der Waals surface area contributed by atoms with E-state index in [1.165, 1.54) is 24.3 Å². The summed E-state index contributed by atoms with van der Waals surface area (Å²) in [7, 11) is 0. The van der Waals surface area contributed by atoms with Crippen LogP contribution in [-0.2, 0) is 9.53 Å². The van der Waals surface area contributed by atoms with E-state index in [1.54, 1.807) is 0 Å². The summed E-state index contributed by atoms with van der Waals surface area (Å²) in [6.45, 7) is -0.0803. The van der Waals surface area contributed by atoms with Gasteiger partial charge in [0, 0.05) is 37.0 Å². The minimum absolute atomic E-state index is 0.0335. The third kappa shape index (κ3) is 6.34. The zero-order chi connectivity index (χ0) is 19.8. The lowest BCUT2D eigenvalue weighted by atomic mass is 10.2. The molecule has 0 radical (unpaired) electrons. The number of ether oxygens (including phenoxy) is 1. The number of nitrogens with zero attached hydrogens (tertiary/aromatic N) is 1. The Kier molecular flexibility index (Phi) is 6.75. The quantitative estimate of drug-likeness (QED) is 0.315. The van der Waals surface area contributed by atoms with E-state index in [2.05, 4.69) is 15.4 Å². The number of amides is 1. The van der Waals surface area contributed by atoms with Gasteiger partial charge < -0.3 is 15.4 Å². The van der Waals surface area contributed by atoms with Crippen molar-refractivity contribution in [1.82, 2.24) is 5.32 Å². The monoisotopic (exact) mass is 379 g/mol. The molecule has 8 nitrogen and oxygen atoms in total. The number of rotatable bonds is 8. The van der Waals surface area contributed by atoms with Crippen LogP contribution in [0, 0.1) is 21.7 Å². The van der Waals surface area contributed by atoms with Gasteiger partial charge in [-0.2, -0.15) is 0 Å². The van der Waals surface area contributed by atoms with Crippen molar-refractivity contribution in [3.8, 4) is 0 Å². The molecular formula is C17H15F2N3O5. The SMILES string of the molecule is O=C(COC(=O)c1cc(F)cc(F)c1)NCCNc1ccc([N+](=O)[O-])cc1. The molecule has 0 unspecified atom stereocenters. The first-order valence-corrected chi connectivity index (χ1v) is 7.73. The smallest absolute Gasteiger partial charge is 0.338 e. The highest BCUT2D eigenvalue weighted by atomic mass is 19.1. The molecule has 142 valence electrons. The van der Waals surface area contributed by atoms with Crippen LogP contribution < -0.4 is 10.6 Å². The fraction of sp³-hybridized carbons (Fsp3) is 0.176. The molecule has 0 aliphatic heterocycles. The van der Waals surface area contributed by atoms with Crippen LogP contribution in [0.15, 0.2) is 42.5 Å². The van der Waals surface area contributed by atoms with E-state index in [1.807, 2.05) is 0 Å². The van der Waals surface area contributed by atoms with Crippen molar-refractivity contribution < 1.29 is 28.0 Å². The van der Waals surface area contributed by atoms with Gasteiger partial charge in [-0.1, -0.05) is 0 Å². The summed E-state index contributed by atoms with van der Waals surface area (Å²) in [6, 6.07) is 7.96. The van der Waals surface area contributed by atoms with Crippen molar-refractivity contribution in [2.45, 2.75) is 0 Å². The largest absolute Gasteiger partial charge is 0.452 e. The standard InChI is InChI=1S/C17H15F2N3O5/c18-12-7-11(8-13(19)9-12)17(24)27-10-16(23)21-6-5-20-14-1-3-15(4-2-14)22(25)26/h1-4,7-9,20H,5-6,10H2,(H,21,23). The first-order valence-electron chi connectivity index (χ1n) is 7.73. The van der Waals surface area contributed by atoms with E-state index < -0.39 is 35.0 Å². The van der Waals surface area contributed by atoms with Crippen LogP contribution in [0.4, 0.5) is 20.2 Å². The van der Waals surface area contributed by atoms with E-state index >= 15 is 0 Å². The molecule has 2 aromatic carbocycles. The van der Waals surface area contributed by atoms with Crippen LogP contribution in [0.25, 0.3) is 0 Å². The zero-order valence-electron chi connectivity index (χ0n) is 13.9. The molecule has 0 aliphatic rings. The lowest BCUT2D eigenvalue weighted by molar-refractivity contribution is -0.384. The highest BCUT2D eigenvalue weighted by Crippen LogP contribution is 2.14. The lowest BCUT2D eigenvalue weighted by Gasteiger charge is -2.08. The molecule has 27 heavy (non-hydrogen) atoms. The first kappa shape index (κ1) is 19.8. The molecule has 0 saturated heterocycles. The van der Waals surface area contributed by atoms with Gasteiger partial charge in [-0.3, -0.25) is 14.9 Å². The number of non-ortho nitro benzene ring substituents is 1. The molecule has 0 spiro atoms. The summed E-state index contributed by atoms with van der Waals surface area (Å²) in [6.07, 6.45) is 0. The van der Waals surface area contributed by atoms with Crippen molar-refractivity contribution in [3.63, 3.8) is 0 Å². The van der Waals surface area contributed by atoms with E-state index in [9.17, 15) is 28.5 Å².